The lowest BCUT2D eigenvalue weighted by molar-refractivity contribution is -0.0512. The highest BCUT2D eigenvalue weighted by Gasteiger charge is 2.10. The van der Waals surface area contributed by atoms with E-state index in [0.717, 1.165) is 0 Å². The molecule has 1 amide bonds. The van der Waals surface area contributed by atoms with Gasteiger partial charge in [-0.15, -0.1) is 0 Å². The maximum absolute atomic E-state index is 12.2. The zero-order valence-corrected chi connectivity index (χ0v) is 11.5. The SMILES string of the molecule is COc1cc(/C=N\NC(=O)c2ccco2)ccc1OC(F)F. The molecule has 0 saturated carbocycles. The van der Waals surface area contributed by atoms with Crippen LogP contribution in [0.4, 0.5) is 8.78 Å². The third-order valence-corrected chi connectivity index (χ3v) is 2.53. The molecule has 0 aliphatic rings. The number of carbonyl (C=O) groups excluding carboxylic acids is 1. The van der Waals surface area contributed by atoms with Gasteiger partial charge in [0.25, 0.3) is 0 Å². The van der Waals surface area contributed by atoms with Crippen LogP contribution in [-0.2, 0) is 0 Å². The van der Waals surface area contributed by atoms with Gasteiger partial charge in [0.05, 0.1) is 19.6 Å². The summed E-state index contributed by atoms with van der Waals surface area (Å²) in [7, 11) is 1.33. The van der Waals surface area contributed by atoms with Crippen molar-refractivity contribution in [2.75, 3.05) is 7.11 Å². The molecule has 2 aromatic rings. The number of carbonyl (C=O) groups is 1. The third kappa shape index (κ3) is 4.05. The van der Waals surface area contributed by atoms with Crippen molar-refractivity contribution in [2.45, 2.75) is 6.61 Å². The lowest BCUT2D eigenvalue weighted by Gasteiger charge is -2.09. The Hall–Kier alpha value is -2.90. The van der Waals surface area contributed by atoms with Crippen LogP contribution in [0.1, 0.15) is 16.1 Å². The molecule has 1 aromatic carbocycles. The number of hydrogen-bond acceptors (Lipinski definition) is 5. The van der Waals surface area contributed by atoms with E-state index in [1.165, 1.54) is 43.9 Å². The Morgan fingerprint density at radius 3 is 2.82 bits per heavy atom. The zero-order chi connectivity index (χ0) is 15.9. The van der Waals surface area contributed by atoms with Gasteiger partial charge < -0.3 is 13.9 Å². The Balaban J connectivity index is 2.03. The molecule has 1 heterocycles. The summed E-state index contributed by atoms with van der Waals surface area (Å²) in [6, 6.07) is 7.32. The third-order valence-electron chi connectivity index (χ3n) is 2.53. The van der Waals surface area contributed by atoms with E-state index in [1.807, 2.05) is 0 Å². The van der Waals surface area contributed by atoms with Crippen LogP contribution in [0.3, 0.4) is 0 Å². The van der Waals surface area contributed by atoms with Crippen LogP contribution in [0, 0.1) is 0 Å². The number of hydrogen-bond donors (Lipinski definition) is 1. The summed E-state index contributed by atoms with van der Waals surface area (Å²) < 4.78 is 38.5. The second kappa shape index (κ2) is 7.21. The van der Waals surface area contributed by atoms with Gasteiger partial charge in [-0.25, -0.2) is 5.43 Å². The quantitative estimate of drug-likeness (QED) is 0.657. The molecule has 22 heavy (non-hydrogen) atoms. The van der Waals surface area contributed by atoms with E-state index in [2.05, 4.69) is 15.3 Å². The summed E-state index contributed by atoms with van der Waals surface area (Å²) >= 11 is 0. The minimum atomic E-state index is -2.94. The maximum atomic E-state index is 12.2. The highest BCUT2D eigenvalue weighted by atomic mass is 19.3. The standard InChI is InChI=1S/C14H12F2N2O4/c1-20-12-7-9(4-5-10(12)22-14(15)16)8-17-18-13(19)11-3-2-6-21-11/h2-8,14H,1H3,(H,18,19)/b17-8-. The number of ether oxygens (including phenoxy) is 2. The van der Waals surface area contributed by atoms with Gasteiger partial charge >= 0.3 is 12.5 Å². The summed E-state index contributed by atoms with van der Waals surface area (Å²) in [5, 5.41) is 3.73. The lowest BCUT2D eigenvalue weighted by Crippen LogP contribution is -2.16. The Kier molecular flexibility index (Phi) is 5.07. The number of furan rings is 1. The van der Waals surface area contributed by atoms with Crippen LogP contribution >= 0.6 is 0 Å². The van der Waals surface area contributed by atoms with E-state index in [0.29, 0.717) is 5.56 Å². The van der Waals surface area contributed by atoms with Gasteiger partial charge in [0, 0.05) is 0 Å². The maximum Gasteiger partial charge on any atom is 0.387 e. The zero-order valence-electron chi connectivity index (χ0n) is 11.5. The summed E-state index contributed by atoms with van der Waals surface area (Å²) in [5.74, 6) is -0.350. The molecule has 2 rings (SSSR count). The smallest absolute Gasteiger partial charge is 0.387 e. The van der Waals surface area contributed by atoms with Gasteiger partial charge in [-0.3, -0.25) is 4.79 Å². The number of amides is 1. The minimum absolute atomic E-state index is 0.0886. The van der Waals surface area contributed by atoms with Crippen LogP contribution in [-0.4, -0.2) is 25.8 Å². The van der Waals surface area contributed by atoms with Gasteiger partial charge in [-0.2, -0.15) is 13.9 Å². The van der Waals surface area contributed by atoms with Crippen molar-refractivity contribution in [2.24, 2.45) is 5.10 Å². The van der Waals surface area contributed by atoms with Crippen molar-refractivity contribution in [3.8, 4) is 11.5 Å². The van der Waals surface area contributed by atoms with Crippen LogP contribution in [0.2, 0.25) is 0 Å². The number of alkyl halides is 2. The highest BCUT2D eigenvalue weighted by molar-refractivity contribution is 5.92. The van der Waals surface area contributed by atoms with E-state index >= 15 is 0 Å². The molecule has 116 valence electrons. The molecule has 0 fully saturated rings. The summed E-state index contributed by atoms with van der Waals surface area (Å²) in [4.78, 5) is 11.5. The monoisotopic (exact) mass is 310 g/mol. The van der Waals surface area contributed by atoms with Crippen LogP contribution < -0.4 is 14.9 Å². The summed E-state index contributed by atoms with van der Waals surface area (Å²) in [5.41, 5.74) is 2.79. The van der Waals surface area contributed by atoms with Gasteiger partial charge in [-0.1, -0.05) is 0 Å². The van der Waals surface area contributed by atoms with E-state index in [-0.39, 0.29) is 17.3 Å². The minimum Gasteiger partial charge on any atom is -0.493 e. The number of halogens is 2. The number of methoxy groups -OCH3 is 1. The number of benzene rings is 1. The molecule has 8 heteroatoms. The molecule has 0 unspecified atom stereocenters. The van der Waals surface area contributed by atoms with Gasteiger partial charge in [0.2, 0.25) is 0 Å². The number of hydrazone groups is 1. The Morgan fingerprint density at radius 2 is 2.18 bits per heavy atom. The number of nitrogens with zero attached hydrogens (tertiary/aromatic N) is 1. The first-order chi connectivity index (χ1) is 10.6. The molecule has 0 bridgehead atoms. The molecule has 0 aliphatic heterocycles. The van der Waals surface area contributed by atoms with Crippen molar-refractivity contribution >= 4 is 12.1 Å². The van der Waals surface area contributed by atoms with Crippen LogP contribution in [0.5, 0.6) is 11.5 Å². The highest BCUT2D eigenvalue weighted by Crippen LogP contribution is 2.28. The average molecular weight is 310 g/mol. The molecule has 0 spiro atoms. The molecule has 0 saturated heterocycles. The predicted molar refractivity (Wildman–Crippen MR) is 73.4 cm³/mol. The number of rotatable bonds is 6. The topological polar surface area (TPSA) is 73.1 Å². The molecule has 0 atom stereocenters. The Bertz CT molecular complexity index is 657. The van der Waals surface area contributed by atoms with Crippen molar-refractivity contribution in [3.05, 3.63) is 47.9 Å². The molecule has 0 aliphatic carbocycles. The van der Waals surface area contributed by atoms with E-state index in [4.69, 9.17) is 9.15 Å². The predicted octanol–water partition coefficient (Wildman–Crippen LogP) is 2.65. The first-order valence-corrected chi connectivity index (χ1v) is 6.10. The van der Waals surface area contributed by atoms with Gasteiger partial charge in [-0.05, 0) is 35.9 Å². The lowest BCUT2D eigenvalue weighted by atomic mass is 10.2. The van der Waals surface area contributed by atoms with E-state index in [9.17, 15) is 13.6 Å². The van der Waals surface area contributed by atoms with Crippen molar-refractivity contribution in [3.63, 3.8) is 0 Å². The fourth-order valence-corrected chi connectivity index (χ4v) is 1.59. The molecule has 1 N–H and O–H groups in total. The normalized spacial score (nSPS) is 10.9. The fourth-order valence-electron chi connectivity index (χ4n) is 1.59. The largest absolute Gasteiger partial charge is 0.493 e. The molecular formula is C14H12F2N2O4. The fraction of sp³-hybridized carbons (Fsp3) is 0.143. The first-order valence-electron chi connectivity index (χ1n) is 6.10. The van der Waals surface area contributed by atoms with Crippen LogP contribution in [0.15, 0.2) is 46.1 Å². The van der Waals surface area contributed by atoms with Crippen molar-refractivity contribution in [1.82, 2.24) is 5.43 Å². The molecule has 0 radical (unpaired) electrons. The van der Waals surface area contributed by atoms with Crippen LogP contribution in [0.25, 0.3) is 0 Å². The van der Waals surface area contributed by atoms with Gasteiger partial charge in [0.1, 0.15) is 0 Å². The molecule has 1 aromatic heterocycles. The first kappa shape index (κ1) is 15.5. The second-order valence-electron chi connectivity index (χ2n) is 3.97. The van der Waals surface area contributed by atoms with E-state index in [1.54, 1.807) is 6.07 Å². The van der Waals surface area contributed by atoms with E-state index < -0.39 is 12.5 Å². The molecular weight excluding hydrogens is 298 g/mol. The second-order valence-corrected chi connectivity index (χ2v) is 3.97. The van der Waals surface area contributed by atoms with Crippen molar-refractivity contribution in [1.29, 1.82) is 0 Å². The Morgan fingerprint density at radius 1 is 1.36 bits per heavy atom. The molecule has 6 nitrogen and oxygen atoms in total. The van der Waals surface area contributed by atoms with Crippen molar-refractivity contribution < 1.29 is 27.5 Å². The van der Waals surface area contributed by atoms with Gasteiger partial charge in [0.15, 0.2) is 17.3 Å². The average Bonchev–Trinajstić information content (AvgIpc) is 3.02. The summed E-state index contributed by atoms with van der Waals surface area (Å²) in [6.45, 7) is -2.94. The summed E-state index contributed by atoms with van der Waals surface area (Å²) in [6.07, 6.45) is 2.70. The number of nitrogens with one attached hydrogen (secondary N) is 1. The Labute approximate surface area is 124 Å².